The third kappa shape index (κ3) is 14.9. The molecule has 0 unspecified atom stereocenters. The maximum Gasteiger partial charge on any atom is 0.310 e. The molecule has 2 amide bonds. The second-order valence-electron chi connectivity index (χ2n) is 18.4. The van der Waals surface area contributed by atoms with Crippen molar-refractivity contribution >= 4 is 83.9 Å². The molecule has 4 aromatic carbocycles. The number of carbonyl (C=O) groups is 6. The van der Waals surface area contributed by atoms with E-state index >= 15 is 0 Å². The van der Waals surface area contributed by atoms with E-state index in [2.05, 4.69) is 9.97 Å². The average molecular weight is 1110 g/mol. The smallest absolute Gasteiger partial charge is 0.310 e. The predicted molar refractivity (Wildman–Crippen MR) is 296 cm³/mol. The number of anilines is 1. The van der Waals surface area contributed by atoms with Gasteiger partial charge in [0.05, 0.1) is 50.8 Å². The third-order valence-electron chi connectivity index (χ3n) is 12.7. The molecule has 0 aliphatic carbocycles. The molecule has 0 bridgehead atoms. The van der Waals surface area contributed by atoms with E-state index in [1.807, 2.05) is 21.9 Å². The van der Waals surface area contributed by atoms with Crippen LogP contribution in [-0.2, 0) is 38.4 Å². The highest BCUT2D eigenvalue weighted by molar-refractivity contribution is 7.21. The molecule has 0 radical (unpaired) electrons. The number of pyridine rings is 2. The fraction of sp³-hybridized carbons (Fsp3) is 0.254. The minimum atomic E-state index is -1.10. The number of carboxylic acids is 1. The standard InChI is InChI=1S/C30H27FN2O5S.C18H16FN3O2S.C11H12O4/c1-37-25-7-3-2-6-20(25)16-22(35)17-21(34)14-19-8-9-26(23(31)15-19)38-27-10-11-32-24-18-28(39-29(24)27)30(36)33-12-4-5-13-33;19-12-9-11(20)3-4-14(12)24-15-5-6-21-13-10-16(25-17(13)15)18(23)22-7-1-2-8-22;1-15-10-5-3-2-4-8(10)6-9(12)7-11(13)14/h2-3,6-11,15,18H,4-5,12-14,16-17H2,1H3;3-6,9-10H,1-2,7-8,20H2;2-5H,6-7H2,1H3,(H,13,14). The number of nitrogens with two attached hydrogens (primary N) is 1. The molecule has 6 heterocycles. The van der Waals surface area contributed by atoms with Crippen LogP contribution in [-0.4, -0.2) is 100 Å². The second-order valence-corrected chi connectivity index (χ2v) is 20.5. The van der Waals surface area contributed by atoms with Crippen molar-refractivity contribution < 1.29 is 61.6 Å². The van der Waals surface area contributed by atoms with Gasteiger partial charge in [-0.15, -0.1) is 22.7 Å². The van der Waals surface area contributed by atoms with Crippen LogP contribution in [0.5, 0.6) is 34.5 Å². The Bertz CT molecular complexity index is 3540. The van der Waals surface area contributed by atoms with E-state index in [4.69, 9.17) is 29.8 Å². The number of thiophene rings is 2. The van der Waals surface area contributed by atoms with Gasteiger partial charge in [-0.2, -0.15) is 0 Å². The molecule has 8 aromatic rings. The van der Waals surface area contributed by atoms with Gasteiger partial charge in [0.1, 0.15) is 46.8 Å². The number of carboxylic acid groups (broad SMARTS) is 1. The van der Waals surface area contributed by atoms with Crippen molar-refractivity contribution in [3.63, 3.8) is 0 Å². The Labute approximate surface area is 461 Å². The highest BCUT2D eigenvalue weighted by Gasteiger charge is 2.25. The van der Waals surface area contributed by atoms with Crippen molar-refractivity contribution in [2.45, 2.75) is 57.8 Å². The molecule has 2 aliphatic rings. The number of rotatable bonds is 18. The summed E-state index contributed by atoms with van der Waals surface area (Å²) in [5, 5.41) is 8.44. The first-order valence-corrected chi connectivity index (χ1v) is 26.8. The molecule has 2 aliphatic heterocycles. The van der Waals surface area contributed by atoms with Gasteiger partial charge in [-0.3, -0.25) is 38.7 Å². The number of nitrogens with zero attached hydrogens (tertiary/aromatic N) is 4. The monoisotopic (exact) mass is 1110 g/mol. The Morgan fingerprint density at radius 1 is 0.544 bits per heavy atom. The number of para-hydroxylation sites is 2. The molecule has 10 rings (SSSR count). The summed E-state index contributed by atoms with van der Waals surface area (Å²) in [7, 11) is 3.04. The Hall–Kier alpha value is -8.62. The zero-order chi connectivity index (χ0) is 56.0. The predicted octanol–water partition coefficient (Wildman–Crippen LogP) is 11.1. The average Bonchev–Trinajstić information content (AvgIpc) is 4.35. The summed E-state index contributed by atoms with van der Waals surface area (Å²) in [6.45, 7) is 3.08. The number of carbonyl (C=O) groups excluding carboxylic acids is 5. The largest absolute Gasteiger partial charge is 0.496 e. The maximum atomic E-state index is 15.0. The van der Waals surface area contributed by atoms with Crippen LogP contribution < -0.4 is 24.7 Å². The van der Waals surface area contributed by atoms with Crippen LogP contribution in [0.3, 0.4) is 0 Å². The first-order valence-electron chi connectivity index (χ1n) is 25.2. The van der Waals surface area contributed by atoms with Crippen molar-refractivity contribution in [1.29, 1.82) is 0 Å². The Morgan fingerprint density at radius 3 is 1.44 bits per heavy atom. The summed E-state index contributed by atoms with van der Waals surface area (Å²) in [6, 6.07) is 29.6. The molecule has 3 N–H and O–H groups in total. The van der Waals surface area contributed by atoms with Gasteiger partial charge in [0.2, 0.25) is 0 Å². The lowest BCUT2D eigenvalue weighted by molar-refractivity contribution is -0.140. The van der Waals surface area contributed by atoms with E-state index in [0.29, 0.717) is 70.9 Å². The number of Topliss-reactive ketones (excluding diaryl/α,β-unsaturated/α-hetero) is 3. The van der Waals surface area contributed by atoms with Gasteiger partial charge in [0.15, 0.2) is 23.1 Å². The van der Waals surface area contributed by atoms with Crippen LogP contribution >= 0.6 is 22.7 Å². The lowest BCUT2D eigenvalue weighted by atomic mass is 10.0. The van der Waals surface area contributed by atoms with Gasteiger partial charge in [-0.25, -0.2) is 8.78 Å². The van der Waals surface area contributed by atoms with Gasteiger partial charge in [-0.1, -0.05) is 42.5 Å². The summed E-state index contributed by atoms with van der Waals surface area (Å²) in [6.07, 6.45) is 6.65. The molecule has 408 valence electrons. The number of ether oxygens (including phenoxy) is 4. The Balaban J connectivity index is 0.000000175. The van der Waals surface area contributed by atoms with Gasteiger partial charge >= 0.3 is 5.97 Å². The van der Waals surface area contributed by atoms with E-state index < -0.39 is 24.0 Å². The molecule has 16 nitrogen and oxygen atoms in total. The number of amides is 2. The zero-order valence-electron chi connectivity index (χ0n) is 43.2. The molecule has 0 spiro atoms. The number of hydrogen-bond donors (Lipinski definition) is 2. The van der Waals surface area contributed by atoms with E-state index in [-0.39, 0.29) is 66.3 Å². The van der Waals surface area contributed by atoms with Crippen LogP contribution in [0.1, 0.15) is 74.6 Å². The number of fused-ring (bicyclic) bond motifs is 2. The maximum absolute atomic E-state index is 15.0. The molecule has 2 saturated heterocycles. The fourth-order valence-electron chi connectivity index (χ4n) is 8.85. The van der Waals surface area contributed by atoms with E-state index in [0.717, 1.165) is 56.6 Å². The van der Waals surface area contributed by atoms with Gasteiger partial charge in [0, 0.05) is 92.8 Å². The van der Waals surface area contributed by atoms with Gasteiger partial charge in [-0.05, 0) is 79.8 Å². The number of aromatic nitrogens is 2. The quantitative estimate of drug-likeness (QED) is 0.0603. The minimum Gasteiger partial charge on any atom is -0.496 e. The molecule has 79 heavy (non-hydrogen) atoms. The fourth-order valence-corrected chi connectivity index (χ4v) is 10.9. The van der Waals surface area contributed by atoms with Crippen LogP contribution in [0.25, 0.3) is 20.4 Å². The number of aliphatic carboxylic acids is 1. The molecule has 2 fully saturated rings. The van der Waals surface area contributed by atoms with E-state index in [1.165, 1.54) is 61.2 Å². The van der Waals surface area contributed by atoms with Crippen molar-refractivity contribution in [1.82, 2.24) is 19.8 Å². The Kier molecular flexibility index (Phi) is 19.1. The molecule has 0 saturated carbocycles. The van der Waals surface area contributed by atoms with Crippen LogP contribution in [0, 0.1) is 11.6 Å². The number of benzene rings is 4. The molecule has 0 atom stereocenters. The van der Waals surface area contributed by atoms with E-state index in [9.17, 15) is 37.5 Å². The molecular formula is C59H55F2N5O11S2. The number of likely N-dealkylation sites (tertiary alicyclic amines) is 2. The van der Waals surface area contributed by atoms with Crippen LogP contribution in [0.4, 0.5) is 14.5 Å². The van der Waals surface area contributed by atoms with Gasteiger partial charge in [0.25, 0.3) is 11.8 Å². The first-order chi connectivity index (χ1) is 38.2. The summed E-state index contributed by atoms with van der Waals surface area (Å²) < 4.78 is 52.2. The summed E-state index contributed by atoms with van der Waals surface area (Å²) in [5.74, 6) is -0.975. The highest BCUT2D eigenvalue weighted by atomic mass is 32.1. The minimum absolute atomic E-state index is 0.00762. The number of hydrogen-bond acceptors (Lipinski definition) is 15. The summed E-state index contributed by atoms with van der Waals surface area (Å²) in [4.78, 5) is 85.4. The number of methoxy groups -OCH3 is 2. The van der Waals surface area contributed by atoms with Crippen molar-refractivity contribution in [2.24, 2.45) is 0 Å². The third-order valence-corrected chi connectivity index (χ3v) is 14.9. The number of halogens is 2. The van der Waals surface area contributed by atoms with Crippen LogP contribution in [0.2, 0.25) is 0 Å². The second kappa shape index (κ2) is 26.6. The van der Waals surface area contributed by atoms with Crippen molar-refractivity contribution in [3.8, 4) is 34.5 Å². The van der Waals surface area contributed by atoms with Gasteiger partial charge < -0.3 is 39.6 Å². The van der Waals surface area contributed by atoms with E-state index in [1.54, 1.807) is 85.2 Å². The first kappa shape index (κ1) is 56.6. The molecule has 4 aromatic heterocycles. The molecule has 20 heteroatoms. The lowest BCUT2D eigenvalue weighted by Gasteiger charge is -2.13. The summed E-state index contributed by atoms with van der Waals surface area (Å²) in [5.41, 5.74) is 9.05. The summed E-state index contributed by atoms with van der Waals surface area (Å²) >= 11 is 2.60. The molecular weight excluding hydrogens is 1060 g/mol. The lowest BCUT2D eigenvalue weighted by Crippen LogP contribution is -2.26. The zero-order valence-corrected chi connectivity index (χ0v) is 44.8. The van der Waals surface area contributed by atoms with Crippen molar-refractivity contribution in [2.75, 3.05) is 46.1 Å². The highest BCUT2D eigenvalue weighted by Crippen LogP contribution is 2.38. The Morgan fingerprint density at radius 2 is 0.987 bits per heavy atom. The number of ketones is 3. The normalized spacial score (nSPS) is 12.8. The topological polar surface area (TPSA) is 218 Å². The number of nitrogen functional groups attached to an aromatic ring is 1. The van der Waals surface area contributed by atoms with Crippen LogP contribution in [0.15, 0.2) is 122 Å². The SMILES string of the molecule is COc1ccccc1CC(=O)CC(=O)Cc1ccc(Oc2ccnc3cc(C(=O)N4CCCC4)sc23)c(F)c1.COc1ccccc1CC(=O)CC(=O)O.Nc1ccc(Oc2ccnc3cc(C(=O)N4CCCC4)sc23)c(F)c1. The van der Waals surface area contributed by atoms with Crippen molar-refractivity contribution in [3.05, 3.63) is 160 Å².